The fourth-order valence-electron chi connectivity index (χ4n) is 2.55. The molecule has 0 aromatic heterocycles. The van der Waals surface area contributed by atoms with Gasteiger partial charge >= 0.3 is 0 Å². The van der Waals surface area contributed by atoms with E-state index in [1.54, 1.807) is 24.3 Å². The van der Waals surface area contributed by atoms with Crippen LogP contribution in [-0.2, 0) is 9.53 Å². The molecular weight excluding hydrogens is 308 g/mol. The summed E-state index contributed by atoms with van der Waals surface area (Å²) in [5.74, 6) is 0.600. The molecule has 1 aromatic carbocycles. The Bertz CT molecular complexity index is 557. The van der Waals surface area contributed by atoms with Crippen molar-refractivity contribution >= 4 is 11.8 Å². The summed E-state index contributed by atoms with van der Waals surface area (Å²) in [6, 6.07) is 6.74. The van der Waals surface area contributed by atoms with Gasteiger partial charge in [-0.05, 0) is 43.0 Å². The van der Waals surface area contributed by atoms with Crippen molar-refractivity contribution in [3.8, 4) is 5.75 Å². The summed E-state index contributed by atoms with van der Waals surface area (Å²) in [4.78, 5) is 25.0. The Hall–Kier alpha value is -2.08. The van der Waals surface area contributed by atoms with Crippen molar-refractivity contribution in [3.63, 3.8) is 0 Å². The van der Waals surface area contributed by atoms with Gasteiger partial charge in [0.1, 0.15) is 5.75 Å². The molecule has 24 heavy (non-hydrogen) atoms. The number of primary amides is 1. The van der Waals surface area contributed by atoms with Crippen LogP contribution in [0.5, 0.6) is 5.75 Å². The van der Waals surface area contributed by atoms with Crippen LogP contribution in [0.15, 0.2) is 24.3 Å². The zero-order chi connectivity index (χ0) is 17.5. The molecule has 0 spiro atoms. The summed E-state index contributed by atoms with van der Waals surface area (Å²) < 4.78 is 11.0. The Balaban J connectivity index is 1.82. The lowest BCUT2D eigenvalue weighted by molar-refractivity contribution is -0.119. The number of likely N-dealkylation sites (tertiary alicyclic amines) is 1. The number of amides is 2. The summed E-state index contributed by atoms with van der Waals surface area (Å²) in [6.07, 6.45) is 2.05. The number of ether oxygens (including phenoxy) is 2. The van der Waals surface area contributed by atoms with Gasteiger partial charge in [-0.2, -0.15) is 0 Å². The third kappa shape index (κ3) is 5.53. The fraction of sp³-hybridized carbons (Fsp3) is 0.556. The van der Waals surface area contributed by atoms with Crippen molar-refractivity contribution in [2.45, 2.75) is 32.8 Å². The van der Waals surface area contributed by atoms with E-state index >= 15 is 0 Å². The third-order valence-corrected chi connectivity index (χ3v) is 3.96. The van der Waals surface area contributed by atoms with Crippen LogP contribution in [-0.4, -0.2) is 49.1 Å². The molecule has 1 heterocycles. The highest BCUT2D eigenvalue weighted by Crippen LogP contribution is 2.19. The number of carbonyl (C=O) groups excluding carboxylic acids is 2. The van der Waals surface area contributed by atoms with Crippen molar-refractivity contribution in [1.29, 1.82) is 0 Å². The Morgan fingerprint density at radius 1 is 1.29 bits per heavy atom. The molecule has 0 aliphatic carbocycles. The van der Waals surface area contributed by atoms with Gasteiger partial charge < -0.3 is 20.1 Å². The number of hydrogen-bond acceptors (Lipinski definition) is 4. The van der Waals surface area contributed by atoms with Gasteiger partial charge in [-0.15, -0.1) is 0 Å². The number of nitrogens with two attached hydrogens (primary N) is 1. The van der Waals surface area contributed by atoms with Crippen molar-refractivity contribution < 1.29 is 19.1 Å². The van der Waals surface area contributed by atoms with Crippen LogP contribution in [0, 0.1) is 5.92 Å². The molecule has 6 nitrogen and oxygen atoms in total. The van der Waals surface area contributed by atoms with Gasteiger partial charge in [-0.3, -0.25) is 9.59 Å². The zero-order valence-corrected chi connectivity index (χ0v) is 14.4. The van der Waals surface area contributed by atoms with Gasteiger partial charge in [0.05, 0.1) is 6.10 Å². The quantitative estimate of drug-likeness (QED) is 0.786. The van der Waals surface area contributed by atoms with Crippen LogP contribution < -0.4 is 10.5 Å². The monoisotopic (exact) mass is 334 g/mol. The van der Waals surface area contributed by atoms with Crippen LogP contribution in [0.4, 0.5) is 0 Å². The van der Waals surface area contributed by atoms with E-state index in [1.165, 1.54) is 0 Å². The molecule has 0 bridgehead atoms. The van der Waals surface area contributed by atoms with E-state index < -0.39 is 5.91 Å². The lowest BCUT2D eigenvalue weighted by Crippen LogP contribution is -2.30. The van der Waals surface area contributed by atoms with Crippen molar-refractivity contribution in [1.82, 2.24) is 4.90 Å². The second kappa shape index (κ2) is 8.68. The predicted molar refractivity (Wildman–Crippen MR) is 90.8 cm³/mol. The van der Waals surface area contributed by atoms with E-state index in [-0.39, 0.29) is 18.6 Å². The van der Waals surface area contributed by atoms with Crippen LogP contribution >= 0.6 is 0 Å². The Morgan fingerprint density at radius 3 is 2.62 bits per heavy atom. The number of rotatable bonds is 8. The molecule has 1 saturated heterocycles. The lowest BCUT2D eigenvalue weighted by Gasteiger charge is -2.17. The first-order valence-electron chi connectivity index (χ1n) is 8.37. The molecule has 2 rings (SSSR count). The average molecular weight is 334 g/mol. The molecule has 132 valence electrons. The van der Waals surface area contributed by atoms with E-state index in [2.05, 4.69) is 13.8 Å². The first-order valence-corrected chi connectivity index (χ1v) is 8.37. The molecule has 2 amide bonds. The Kier molecular flexibility index (Phi) is 6.61. The van der Waals surface area contributed by atoms with Crippen LogP contribution in [0.1, 0.15) is 37.0 Å². The second-order valence-corrected chi connectivity index (χ2v) is 6.49. The summed E-state index contributed by atoms with van der Waals surface area (Å²) in [5.41, 5.74) is 5.63. The molecule has 6 heteroatoms. The van der Waals surface area contributed by atoms with E-state index in [0.717, 1.165) is 19.4 Å². The third-order valence-electron chi connectivity index (χ3n) is 3.96. The largest absolute Gasteiger partial charge is 0.484 e. The van der Waals surface area contributed by atoms with Crippen LogP contribution in [0.25, 0.3) is 0 Å². The van der Waals surface area contributed by atoms with Crippen molar-refractivity contribution in [2.24, 2.45) is 11.7 Å². The van der Waals surface area contributed by atoms with E-state index in [9.17, 15) is 9.59 Å². The second-order valence-electron chi connectivity index (χ2n) is 6.49. The highest BCUT2D eigenvalue weighted by atomic mass is 16.5. The minimum Gasteiger partial charge on any atom is -0.484 e. The minimum absolute atomic E-state index is 0.00795. The molecule has 1 aromatic rings. The van der Waals surface area contributed by atoms with Crippen molar-refractivity contribution in [2.75, 3.05) is 26.3 Å². The fourth-order valence-corrected chi connectivity index (χ4v) is 2.55. The SMILES string of the molecule is CC(C)CCOC1CCN(C(=O)c2ccc(OCC(N)=O)cc2)C1. The smallest absolute Gasteiger partial charge is 0.255 e. The zero-order valence-electron chi connectivity index (χ0n) is 14.4. The summed E-state index contributed by atoms with van der Waals surface area (Å²) in [7, 11) is 0. The molecule has 1 unspecified atom stereocenters. The Labute approximate surface area is 142 Å². The van der Waals surface area contributed by atoms with Crippen LogP contribution in [0.2, 0.25) is 0 Å². The number of nitrogens with zero attached hydrogens (tertiary/aromatic N) is 1. The van der Waals surface area contributed by atoms with Gasteiger partial charge in [0.2, 0.25) is 0 Å². The first-order chi connectivity index (χ1) is 11.5. The van der Waals surface area contributed by atoms with E-state index in [0.29, 0.717) is 30.3 Å². The maximum Gasteiger partial charge on any atom is 0.255 e. The van der Waals surface area contributed by atoms with Gasteiger partial charge in [0.15, 0.2) is 6.61 Å². The lowest BCUT2D eigenvalue weighted by atomic mass is 10.1. The highest BCUT2D eigenvalue weighted by Gasteiger charge is 2.27. The van der Waals surface area contributed by atoms with Gasteiger partial charge in [0, 0.05) is 25.3 Å². The molecular formula is C18H26N2O4. The average Bonchev–Trinajstić information content (AvgIpc) is 3.01. The summed E-state index contributed by atoms with van der Waals surface area (Å²) >= 11 is 0. The van der Waals surface area contributed by atoms with Gasteiger partial charge in [-0.25, -0.2) is 0 Å². The maximum absolute atomic E-state index is 12.5. The minimum atomic E-state index is -0.532. The molecule has 1 aliphatic heterocycles. The Morgan fingerprint density at radius 2 is 2.00 bits per heavy atom. The van der Waals surface area contributed by atoms with Crippen molar-refractivity contribution in [3.05, 3.63) is 29.8 Å². The van der Waals surface area contributed by atoms with Gasteiger partial charge in [-0.1, -0.05) is 13.8 Å². The number of carbonyl (C=O) groups is 2. The van der Waals surface area contributed by atoms with E-state index in [4.69, 9.17) is 15.2 Å². The summed E-state index contributed by atoms with van der Waals surface area (Å²) in [6.45, 7) is 6.27. The number of benzene rings is 1. The molecule has 1 aliphatic rings. The van der Waals surface area contributed by atoms with Crippen LogP contribution in [0.3, 0.4) is 0 Å². The topological polar surface area (TPSA) is 81.9 Å². The standard InChI is InChI=1S/C18H26N2O4/c1-13(2)8-10-23-16-7-9-20(11-16)18(22)14-3-5-15(6-4-14)24-12-17(19)21/h3-6,13,16H,7-12H2,1-2H3,(H2,19,21). The summed E-state index contributed by atoms with van der Waals surface area (Å²) in [5, 5.41) is 0. The predicted octanol–water partition coefficient (Wildman–Crippen LogP) is 1.83. The molecule has 0 radical (unpaired) electrons. The maximum atomic E-state index is 12.5. The molecule has 2 N–H and O–H groups in total. The molecule has 1 atom stereocenters. The highest BCUT2D eigenvalue weighted by molar-refractivity contribution is 5.94. The van der Waals surface area contributed by atoms with E-state index in [1.807, 2.05) is 4.90 Å². The molecule has 1 fully saturated rings. The number of hydrogen-bond donors (Lipinski definition) is 1. The van der Waals surface area contributed by atoms with Gasteiger partial charge in [0.25, 0.3) is 11.8 Å². The first kappa shape index (κ1) is 18.3. The molecule has 0 saturated carbocycles. The normalized spacial score (nSPS) is 17.3.